The van der Waals surface area contributed by atoms with Crippen LogP contribution in [-0.4, -0.2) is 42.8 Å². The van der Waals surface area contributed by atoms with Crippen LogP contribution >= 0.6 is 0 Å². The lowest BCUT2D eigenvalue weighted by Gasteiger charge is -2.22. The van der Waals surface area contributed by atoms with Crippen LogP contribution in [-0.2, 0) is 22.6 Å². The van der Waals surface area contributed by atoms with Gasteiger partial charge in [0.2, 0.25) is 0 Å². The number of ether oxygens (including phenoxy) is 2. The van der Waals surface area contributed by atoms with E-state index in [1.54, 1.807) is 14.2 Å². The van der Waals surface area contributed by atoms with Crippen molar-refractivity contribution in [2.24, 2.45) is 0 Å². The van der Waals surface area contributed by atoms with E-state index in [9.17, 15) is 0 Å². The minimum absolute atomic E-state index is 0.100. The number of nitrogens with one attached hydrogen (secondary N) is 1. The van der Waals surface area contributed by atoms with E-state index < -0.39 is 0 Å². The number of rotatable bonds is 9. The predicted molar refractivity (Wildman–Crippen MR) is 76.3 cm³/mol. The minimum Gasteiger partial charge on any atom is -0.383 e. The lowest BCUT2D eigenvalue weighted by molar-refractivity contribution is 0.0113. The molecule has 0 atom stereocenters. The zero-order valence-electron chi connectivity index (χ0n) is 12.8. The Morgan fingerprint density at radius 2 is 2.11 bits per heavy atom. The van der Waals surface area contributed by atoms with Crippen LogP contribution in [0.4, 0.5) is 0 Å². The summed E-state index contributed by atoms with van der Waals surface area (Å²) in [5, 5.41) is 7.87. The first-order valence-electron chi connectivity index (χ1n) is 6.76. The summed E-state index contributed by atoms with van der Waals surface area (Å²) < 4.78 is 12.4. The van der Waals surface area contributed by atoms with E-state index in [0.717, 1.165) is 38.4 Å². The lowest BCUT2D eigenvalue weighted by atomic mass is 10.1. The Morgan fingerprint density at radius 1 is 1.37 bits per heavy atom. The molecule has 0 aliphatic carbocycles. The quantitative estimate of drug-likeness (QED) is 0.694. The summed E-state index contributed by atoms with van der Waals surface area (Å²) in [6, 6.07) is 0. The van der Waals surface area contributed by atoms with E-state index in [1.807, 2.05) is 11.6 Å². The molecular weight excluding hydrogens is 242 g/mol. The van der Waals surface area contributed by atoms with Gasteiger partial charge in [0.25, 0.3) is 0 Å². The SMILES string of the molecule is COCCNCc1cn(CCC(C)(C)OC)nc1C. The van der Waals surface area contributed by atoms with E-state index in [2.05, 4.69) is 30.5 Å². The van der Waals surface area contributed by atoms with Crippen molar-refractivity contribution in [3.05, 3.63) is 17.5 Å². The molecule has 0 radical (unpaired) electrons. The molecule has 0 aliphatic rings. The smallest absolute Gasteiger partial charge is 0.0640 e. The molecule has 1 aromatic rings. The van der Waals surface area contributed by atoms with E-state index in [0.29, 0.717) is 0 Å². The van der Waals surface area contributed by atoms with Crippen molar-refractivity contribution in [3.8, 4) is 0 Å². The number of aryl methyl sites for hydroxylation is 2. The molecule has 0 aliphatic heterocycles. The van der Waals surface area contributed by atoms with E-state index in [4.69, 9.17) is 9.47 Å². The van der Waals surface area contributed by atoms with Gasteiger partial charge in [0.1, 0.15) is 0 Å². The Morgan fingerprint density at radius 3 is 2.74 bits per heavy atom. The molecule has 0 spiro atoms. The molecule has 0 saturated carbocycles. The standard InChI is InChI=1S/C14H27N3O2/c1-12-13(10-15-7-9-18-4)11-17(16-12)8-6-14(2,3)19-5/h11,15H,6-10H2,1-5H3. The van der Waals surface area contributed by atoms with Gasteiger partial charge in [0, 0.05) is 45.6 Å². The van der Waals surface area contributed by atoms with Gasteiger partial charge in [-0.3, -0.25) is 4.68 Å². The van der Waals surface area contributed by atoms with Crippen LogP contribution in [0.2, 0.25) is 0 Å². The maximum absolute atomic E-state index is 5.42. The normalized spacial score (nSPS) is 12.1. The molecule has 0 unspecified atom stereocenters. The maximum Gasteiger partial charge on any atom is 0.0640 e. The monoisotopic (exact) mass is 269 g/mol. The molecular formula is C14H27N3O2. The third-order valence-electron chi connectivity index (χ3n) is 3.34. The van der Waals surface area contributed by atoms with Gasteiger partial charge in [-0.15, -0.1) is 0 Å². The second-order valence-electron chi connectivity index (χ2n) is 5.39. The Bertz CT molecular complexity index is 375. The van der Waals surface area contributed by atoms with Gasteiger partial charge in [-0.2, -0.15) is 5.10 Å². The highest BCUT2D eigenvalue weighted by Gasteiger charge is 2.16. The zero-order valence-corrected chi connectivity index (χ0v) is 12.8. The highest BCUT2D eigenvalue weighted by atomic mass is 16.5. The molecule has 0 aromatic carbocycles. The third kappa shape index (κ3) is 5.72. The first kappa shape index (κ1) is 16.1. The molecule has 5 heteroatoms. The van der Waals surface area contributed by atoms with E-state index in [1.165, 1.54) is 5.56 Å². The average Bonchev–Trinajstić information content (AvgIpc) is 2.73. The average molecular weight is 269 g/mol. The lowest BCUT2D eigenvalue weighted by Crippen LogP contribution is -2.24. The minimum atomic E-state index is -0.100. The summed E-state index contributed by atoms with van der Waals surface area (Å²) in [6.45, 7) is 9.54. The summed E-state index contributed by atoms with van der Waals surface area (Å²) >= 11 is 0. The second-order valence-corrected chi connectivity index (χ2v) is 5.39. The van der Waals surface area contributed by atoms with Crippen LogP contribution in [0.3, 0.4) is 0 Å². The fourth-order valence-electron chi connectivity index (χ4n) is 1.73. The highest BCUT2D eigenvalue weighted by Crippen LogP contribution is 2.15. The molecule has 1 N–H and O–H groups in total. The van der Waals surface area contributed by atoms with Crippen LogP contribution in [0.15, 0.2) is 6.20 Å². The highest BCUT2D eigenvalue weighted by molar-refractivity contribution is 5.15. The summed E-state index contributed by atoms with van der Waals surface area (Å²) in [4.78, 5) is 0. The molecule has 1 heterocycles. The molecule has 110 valence electrons. The Hall–Kier alpha value is -0.910. The maximum atomic E-state index is 5.42. The fourth-order valence-corrected chi connectivity index (χ4v) is 1.73. The van der Waals surface area contributed by atoms with Crippen LogP contribution in [0.25, 0.3) is 0 Å². The van der Waals surface area contributed by atoms with Gasteiger partial charge in [0.15, 0.2) is 0 Å². The predicted octanol–water partition coefficient (Wildman–Crippen LogP) is 1.74. The van der Waals surface area contributed by atoms with Crippen molar-refractivity contribution in [1.29, 1.82) is 0 Å². The van der Waals surface area contributed by atoms with E-state index >= 15 is 0 Å². The number of nitrogens with zero attached hydrogens (tertiary/aromatic N) is 2. The van der Waals surface area contributed by atoms with Crippen molar-refractivity contribution in [2.75, 3.05) is 27.4 Å². The first-order valence-corrected chi connectivity index (χ1v) is 6.76. The van der Waals surface area contributed by atoms with Crippen molar-refractivity contribution in [2.45, 2.75) is 45.9 Å². The Balaban J connectivity index is 2.45. The number of aromatic nitrogens is 2. The van der Waals surface area contributed by atoms with Gasteiger partial charge in [-0.25, -0.2) is 0 Å². The number of hydrogen-bond donors (Lipinski definition) is 1. The summed E-state index contributed by atoms with van der Waals surface area (Å²) in [5.74, 6) is 0. The van der Waals surface area contributed by atoms with Gasteiger partial charge in [0.05, 0.1) is 17.9 Å². The molecule has 0 bridgehead atoms. The topological polar surface area (TPSA) is 48.3 Å². The van der Waals surface area contributed by atoms with Crippen molar-refractivity contribution in [1.82, 2.24) is 15.1 Å². The second kappa shape index (κ2) is 7.62. The van der Waals surface area contributed by atoms with Gasteiger partial charge in [-0.05, 0) is 27.2 Å². The molecule has 19 heavy (non-hydrogen) atoms. The molecule has 5 nitrogen and oxygen atoms in total. The van der Waals surface area contributed by atoms with Crippen molar-refractivity contribution < 1.29 is 9.47 Å². The third-order valence-corrected chi connectivity index (χ3v) is 3.34. The van der Waals surface area contributed by atoms with Crippen LogP contribution in [0.1, 0.15) is 31.5 Å². The number of hydrogen-bond acceptors (Lipinski definition) is 4. The van der Waals surface area contributed by atoms with Gasteiger partial charge in [-0.1, -0.05) is 0 Å². The summed E-state index contributed by atoms with van der Waals surface area (Å²) in [5.41, 5.74) is 2.22. The molecule has 0 fully saturated rings. The molecule has 1 rings (SSSR count). The Kier molecular flexibility index (Phi) is 6.48. The zero-order chi connectivity index (χ0) is 14.3. The van der Waals surface area contributed by atoms with Crippen molar-refractivity contribution >= 4 is 0 Å². The first-order chi connectivity index (χ1) is 8.98. The number of methoxy groups -OCH3 is 2. The van der Waals surface area contributed by atoms with Crippen LogP contribution in [0.5, 0.6) is 0 Å². The van der Waals surface area contributed by atoms with E-state index in [-0.39, 0.29) is 5.60 Å². The summed E-state index contributed by atoms with van der Waals surface area (Å²) in [7, 11) is 3.46. The van der Waals surface area contributed by atoms with Gasteiger partial charge >= 0.3 is 0 Å². The molecule has 1 aromatic heterocycles. The van der Waals surface area contributed by atoms with Crippen molar-refractivity contribution in [3.63, 3.8) is 0 Å². The van der Waals surface area contributed by atoms with Crippen LogP contribution < -0.4 is 5.32 Å². The largest absolute Gasteiger partial charge is 0.383 e. The Labute approximate surface area is 116 Å². The van der Waals surface area contributed by atoms with Crippen LogP contribution in [0, 0.1) is 6.92 Å². The summed E-state index contributed by atoms with van der Waals surface area (Å²) in [6.07, 6.45) is 3.06. The van der Waals surface area contributed by atoms with Gasteiger partial charge < -0.3 is 14.8 Å². The molecule has 0 saturated heterocycles. The molecule has 0 amide bonds. The fraction of sp³-hybridized carbons (Fsp3) is 0.786.